The summed E-state index contributed by atoms with van der Waals surface area (Å²) in [5, 5.41) is 16.0. The maximum atomic E-state index is 11.8. The second kappa shape index (κ2) is 7.02. The van der Waals surface area contributed by atoms with Gasteiger partial charge < -0.3 is 9.47 Å². The smallest absolute Gasteiger partial charge is 0.430 e. The maximum absolute atomic E-state index is 11.8. The SMILES string of the molecule is O=C1OC(CN2CCOCC2)CN1/N=C/c1ccc([N+](=O)[O-])s1. The highest BCUT2D eigenvalue weighted by Gasteiger charge is 2.32. The van der Waals surface area contributed by atoms with Crippen LogP contribution in [-0.2, 0) is 9.47 Å². The van der Waals surface area contributed by atoms with Crippen molar-refractivity contribution in [2.75, 3.05) is 39.4 Å². The van der Waals surface area contributed by atoms with Crippen LogP contribution < -0.4 is 0 Å². The number of hydrogen-bond donors (Lipinski definition) is 0. The largest absolute Gasteiger partial charge is 0.441 e. The minimum atomic E-state index is -0.495. The summed E-state index contributed by atoms with van der Waals surface area (Å²) in [6.07, 6.45) is 0.719. The molecule has 0 spiro atoms. The van der Waals surface area contributed by atoms with Crippen molar-refractivity contribution >= 4 is 28.6 Å². The summed E-state index contributed by atoms with van der Waals surface area (Å²) in [7, 11) is 0. The first-order valence-corrected chi connectivity index (χ1v) is 8.00. The average molecular weight is 340 g/mol. The molecule has 1 unspecified atom stereocenters. The van der Waals surface area contributed by atoms with Crippen LogP contribution in [0.15, 0.2) is 17.2 Å². The zero-order valence-corrected chi connectivity index (χ0v) is 13.1. The fourth-order valence-electron chi connectivity index (χ4n) is 2.41. The molecule has 2 saturated heterocycles. The van der Waals surface area contributed by atoms with Crippen LogP contribution >= 0.6 is 11.3 Å². The van der Waals surface area contributed by atoms with Gasteiger partial charge in [0.2, 0.25) is 0 Å². The average Bonchev–Trinajstić information content (AvgIpc) is 3.13. The lowest BCUT2D eigenvalue weighted by Crippen LogP contribution is -2.41. The molecular weight excluding hydrogens is 324 g/mol. The van der Waals surface area contributed by atoms with Crippen LogP contribution in [0.5, 0.6) is 0 Å². The Morgan fingerprint density at radius 2 is 2.22 bits per heavy atom. The Morgan fingerprint density at radius 1 is 1.43 bits per heavy atom. The van der Waals surface area contributed by atoms with E-state index in [1.807, 2.05) is 0 Å². The minimum Gasteiger partial charge on any atom is -0.441 e. The third-order valence-corrected chi connectivity index (χ3v) is 4.51. The van der Waals surface area contributed by atoms with Crippen LogP contribution in [-0.4, -0.2) is 72.6 Å². The van der Waals surface area contributed by atoms with Gasteiger partial charge in [-0.1, -0.05) is 11.3 Å². The minimum absolute atomic E-state index is 0.0423. The third kappa shape index (κ3) is 4.03. The van der Waals surface area contributed by atoms with E-state index in [-0.39, 0.29) is 11.1 Å². The monoisotopic (exact) mass is 340 g/mol. The first-order valence-electron chi connectivity index (χ1n) is 7.18. The van der Waals surface area contributed by atoms with Gasteiger partial charge in [0.25, 0.3) is 0 Å². The molecule has 1 aromatic heterocycles. The van der Waals surface area contributed by atoms with Crippen LogP contribution in [0.4, 0.5) is 9.80 Å². The molecule has 0 N–H and O–H groups in total. The van der Waals surface area contributed by atoms with Gasteiger partial charge in [-0.25, -0.2) is 4.79 Å². The van der Waals surface area contributed by atoms with E-state index in [4.69, 9.17) is 9.47 Å². The number of amides is 1. The van der Waals surface area contributed by atoms with Crippen molar-refractivity contribution in [3.8, 4) is 0 Å². The Morgan fingerprint density at radius 3 is 2.91 bits per heavy atom. The van der Waals surface area contributed by atoms with Crippen molar-refractivity contribution in [1.82, 2.24) is 9.91 Å². The Bertz CT molecular complexity index is 613. The Balaban J connectivity index is 1.54. The lowest BCUT2D eigenvalue weighted by atomic mass is 10.3. The summed E-state index contributed by atoms with van der Waals surface area (Å²) >= 11 is 1.01. The van der Waals surface area contributed by atoms with Gasteiger partial charge in [-0.15, -0.1) is 0 Å². The number of nitrogens with zero attached hydrogens (tertiary/aromatic N) is 4. The predicted octanol–water partition coefficient (Wildman–Crippen LogP) is 1.14. The molecule has 1 aromatic rings. The molecule has 3 rings (SSSR count). The third-order valence-electron chi connectivity index (χ3n) is 3.54. The number of hydrazone groups is 1. The maximum Gasteiger partial charge on any atom is 0.430 e. The number of cyclic esters (lactones) is 1. The van der Waals surface area contributed by atoms with E-state index in [0.717, 1.165) is 24.4 Å². The second-order valence-corrected chi connectivity index (χ2v) is 6.27. The summed E-state index contributed by atoms with van der Waals surface area (Å²) in [5.74, 6) is 0. The van der Waals surface area contributed by atoms with Crippen molar-refractivity contribution in [2.45, 2.75) is 6.10 Å². The van der Waals surface area contributed by atoms with Gasteiger partial charge in [-0.05, 0) is 6.07 Å². The molecule has 2 aliphatic rings. The van der Waals surface area contributed by atoms with Gasteiger partial charge in [0.15, 0.2) is 0 Å². The highest BCUT2D eigenvalue weighted by atomic mass is 32.1. The summed E-state index contributed by atoms with van der Waals surface area (Å²) in [5.41, 5.74) is 0. The summed E-state index contributed by atoms with van der Waals surface area (Å²) < 4.78 is 10.6. The lowest BCUT2D eigenvalue weighted by Gasteiger charge is -2.27. The van der Waals surface area contributed by atoms with Crippen LogP contribution in [0.1, 0.15) is 4.88 Å². The number of rotatable bonds is 5. The van der Waals surface area contributed by atoms with Crippen molar-refractivity contribution in [3.05, 3.63) is 27.1 Å². The summed E-state index contributed by atoms with van der Waals surface area (Å²) in [4.78, 5) is 24.8. The van der Waals surface area contributed by atoms with E-state index in [2.05, 4.69) is 10.0 Å². The molecule has 9 nitrogen and oxygen atoms in total. The quantitative estimate of drug-likeness (QED) is 0.453. The topological polar surface area (TPSA) is 97.5 Å². The molecule has 23 heavy (non-hydrogen) atoms. The van der Waals surface area contributed by atoms with Crippen molar-refractivity contribution in [3.63, 3.8) is 0 Å². The molecule has 10 heteroatoms. The molecule has 0 radical (unpaired) electrons. The Labute approximate surface area is 136 Å². The van der Waals surface area contributed by atoms with E-state index in [1.54, 1.807) is 6.07 Å². The van der Waals surface area contributed by atoms with E-state index < -0.39 is 11.0 Å². The molecule has 0 saturated carbocycles. The van der Waals surface area contributed by atoms with Crippen LogP contribution in [0.3, 0.4) is 0 Å². The molecule has 0 aromatic carbocycles. The van der Waals surface area contributed by atoms with E-state index in [0.29, 0.717) is 31.2 Å². The number of nitro groups is 1. The van der Waals surface area contributed by atoms with Crippen LogP contribution in [0.2, 0.25) is 0 Å². The zero-order chi connectivity index (χ0) is 16.2. The molecule has 0 bridgehead atoms. The molecular formula is C13H16N4O5S. The lowest BCUT2D eigenvalue weighted by molar-refractivity contribution is -0.380. The number of morpholine rings is 1. The molecule has 0 aliphatic carbocycles. The Kier molecular flexibility index (Phi) is 4.84. The second-order valence-electron chi connectivity index (χ2n) is 5.18. The standard InChI is InChI=1S/C13H16N4O5S/c18-13-16(14-7-11-1-2-12(23-11)17(19)20)9-10(22-13)8-15-3-5-21-6-4-15/h1-2,7,10H,3-6,8-9H2/b14-7+. The number of ether oxygens (including phenoxy) is 2. The predicted molar refractivity (Wildman–Crippen MR) is 82.8 cm³/mol. The van der Waals surface area contributed by atoms with Crippen LogP contribution in [0, 0.1) is 10.1 Å². The number of thiophene rings is 1. The van der Waals surface area contributed by atoms with Gasteiger partial charge in [0.05, 0.1) is 35.8 Å². The number of hydrogen-bond acceptors (Lipinski definition) is 8. The van der Waals surface area contributed by atoms with Crippen molar-refractivity contribution in [2.24, 2.45) is 5.10 Å². The zero-order valence-electron chi connectivity index (χ0n) is 12.3. The first-order chi connectivity index (χ1) is 11.1. The van der Waals surface area contributed by atoms with Gasteiger partial charge in [0, 0.05) is 25.7 Å². The highest BCUT2D eigenvalue weighted by Crippen LogP contribution is 2.23. The summed E-state index contributed by atoms with van der Waals surface area (Å²) in [6.45, 7) is 4.08. The van der Waals surface area contributed by atoms with E-state index in [9.17, 15) is 14.9 Å². The van der Waals surface area contributed by atoms with Crippen LogP contribution in [0.25, 0.3) is 0 Å². The number of carbonyl (C=O) groups is 1. The normalized spacial score (nSPS) is 22.7. The molecule has 124 valence electrons. The molecule has 1 amide bonds. The fraction of sp³-hybridized carbons (Fsp3) is 0.538. The van der Waals surface area contributed by atoms with Gasteiger partial charge >= 0.3 is 11.1 Å². The molecule has 2 fully saturated rings. The first kappa shape index (κ1) is 15.8. The molecule has 3 heterocycles. The Hall–Kier alpha value is -2.04. The van der Waals surface area contributed by atoms with Gasteiger partial charge in [-0.2, -0.15) is 10.1 Å². The van der Waals surface area contributed by atoms with Crippen molar-refractivity contribution < 1.29 is 19.2 Å². The van der Waals surface area contributed by atoms with E-state index >= 15 is 0 Å². The fourth-order valence-corrected chi connectivity index (χ4v) is 3.09. The number of carbonyl (C=O) groups excluding carboxylic acids is 1. The van der Waals surface area contributed by atoms with Crippen molar-refractivity contribution in [1.29, 1.82) is 0 Å². The van der Waals surface area contributed by atoms with E-state index in [1.165, 1.54) is 17.3 Å². The van der Waals surface area contributed by atoms with Gasteiger partial charge in [0.1, 0.15) is 6.10 Å². The summed E-state index contributed by atoms with van der Waals surface area (Å²) in [6, 6.07) is 3.01. The van der Waals surface area contributed by atoms with Gasteiger partial charge in [-0.3, -0.25) is 15.0 Å². The highest BCUT2D eigenvalue weighted by molar-refractivity contribution is 7.16. The molecule has 1 atom stereocenters. The molecule has 2 aliphatic heterocycles.